The van der Waals surface area contributed by atoms with Gasteiger partial charge in [0, 0.05) is 36.6 Å². The van der Waals surface area contributed by atoms with E-state index < -0.39 is 0 Å². The average Bonchev–Trinajstić information content (AvgIpc) is 2.81. The summed E-state index contributed by atoms with van der Waals surface area (Å²) in [7, 11) is 0. The van der Waals surface area contributed by atoms with Crippen molar-refractivity contribution < 1.29 is 0 Å². The van der Waals surface area contributed by atoms with Crippen LogP contribution in [0, 0.1) is 6.92 Å². The van der Waals surface area contributed by atoms with Gasteiger partial charge >= 0.3 is 0 Å². The maximum atomic E-state index is 4.37. The van der Waals surface area contributed by atoms with E-state index in [2.05, 4.69) is 33.3 Å². The van der Waals surface area contributed by atoms with Crippen LogP contribution in [-0.4, -0.2) is 21.5 Å². The zero-order chi connectivity index (χ0) is 12.1. The van der Waals surface area contributed by atoms with Crippen LogP contribution in [0.2, 0.25) is 0 Å². The first-order chi connectivity index (χ1) is 8.28. The van der Waals surface area contributed by atoms with E-state index in [1.165, 1.54) is 5.69 Å². The van der Waals surface area contributed by atoms with Crippen LogP contribution in [0.5, 0.6) is 0 Å². The molecule has 0 spiro atoms. The number of aromatic amines is 1. The summed E-state index contributed by atoms with van der Waals surface area (Å²) in [5.74, 6) is 1.74. The van der Waals surface area contributed by atoms with Gasteiger partial charge in [-0.2, -0.15) is 0 Å². The molecule has 4 nitrogen and oxygen atoms in total. The van der Waals surface area contributed by atoms with Crippen molar-refractivity contribution >= 4 is 5.82 Å². The van der Waals surface area contributed by atoms with E-state index in [1.807, 2.05) is 25.3 Å². The fraction of sp³-hybridized carbons (Fsp3) is 0.385. The number of anilines is 1. The number of rotatable bonds is 5. The first kappa shape index (κ1) is 11.6. The Bertz CT molecular complexity index is 462. The van der Waals surface area contributed by atoms with Crippen molar-refractivity contribution in [3.63, 3.8) is 0 Å². The molecule has 0 saturated carbocycles. The molecule has 2 N–H and O–H groups in total. The van der Waals surface area contributed by atoms with E-state index in [0.717, 1.165) is 36.7 Å². The lowest BCUT2D eigenvalue weighted by Crippen LogP contribution is -2.08. The highest BCUT2D eigenvalue weighted by Crippen LogP contribution is 2.07. The van der Waals surface area contributed by atoms with Gasteiger partial charge in [-0.05, 0) is 25.5 Å². The normalized spacial score (nSPS) is 10.5. The summed E-state index contributed by atoms with van der Waals surface area (Å²) in [6.07, 6.45) is 3.85. The lowest BCUT2D eigenvalue weighted by atomic mass is 10.3. The summed E-state index contributed by atoms with van der Waals surface area (Å²) in [4.78, 5) is 11.9. The second-order valence-electron chi connectivity index (χ2n) is 4.02. The van der Waals surface area contributed by atoms with Crippen LogP contribution < -0.4 is 5.32 Å². The Balaban J connectivity index is 1.92. The van der Waals surface area contributed by atoms with E-state index in [0.29, 0.717) is 0 Å². The number of nitrogens with zero attached hydrogens (tertiary/aromatic N) is 2. The minimum Gasteiger partial charge on any atom is -0.370 e. The third-order valence-corrected chi connectivity index (χ3v) is 2.62. The van der Waals surface area contributed by atoms with Crippen LogP contribution >= 0.6 is 0 Å². The number of aryl methyl sites for hydroxylation is 2. The van der Waals surface area contributed by atoms with Crippen LogP contribution in [-0.2, 0) is 12.8 Å². The first-order valence-corrected chi connectivity index (χ1v) is 5.98. The molecule has 2 aromatic rings. The molecule has 17 heavy (non-hydrogen) atoms. The maximum Gasteiger partial charge on any atom is 0.129 e. The third-order valence-electron chi connectivity index (χ3n) is 2.62. The smallest absolute Gasteiger partial charge is 0.129 e. The molecule has 0 saturated heterocycles. The third kappa shape index (κ3) is 3.31. The zero-order valence-corrected chi connectivity index (χ0v) is 10.3. The molecule has 0 aliphatic carbocycles. The monoisotopic (exact) mass is 230 g/mol. The van der Waals surface area contributed by atoms with Gasteiger partial charge in [0.15, 0.2) is 0 Å². The number of aromatic nitrogens is 3. The molecule has 2 aromatic heterocycles. The molecule has 0 bridgehead atoms. The molecule has 4 heteroatoms. The van der Waals surface area contributed by atoms with E-state index in [9.17, 15) is 0 Å². The van der Waals surface area contributed by atoms with Gasteiger partial charge < -0.3 is 10.3 Å². The van der Waals surface area contributed by atoms with Gasteiger partial charge in [0.05, 0.1) is 0 Å². The van der Waals surface area contributed by atoms with Crippen LogP contribution in [0.1, 0.15) is 24.1 Å². The summed E-state index contributed by atoms with van der Waals surface area (Å²) in [6.45, 7) is 4.90. The fourth-order valence-electron chi connectivity index (χ4n) is 1.75. The van der Waals surface area contributed by atoms with E-state index >= 15 is 0 Å². The summed E-state index contributed by atoms with van der Waals surface area (Å²) in [5.41, 5.74) is 2.32. The molecule has 0 radical (unpaired) electrons. The zero-order valence-electron chi connectivity index (χ0n) is 10.3. The first-order valence-electron chi connectivity index (χ1n) is 5.98. The van der Waals surface area contributed by atoms with Crippen LogP contribution in [0.4, 0.5) is 5.82 Å². The summed E-state index contributed by atoms with van der Waals surface area (Å²) < 4.78 is 0. The van der Waals surface area contributed by atoms with Crippen molar-refractivity contribution in [3.05, 3.63) is 41.6 Å². The van der Waals surface area contributed by atoms with Gasteiger partial charge in [0.2, 0.25) is 0 Å². The lowest BCUT2D eigenvalue weighted by molar-refractivity contribution is 0.924. The number of nitrogens with one attached hydrogen (secondary N) is 2. The average molecular weight is 230 g/mol. The standard InChI is InChI=1S/C13H18N4/c1-3-11-9-13(17-10(2)16-11)15-8-6-12-5-4-7-14-12/h4-5,7,9,14H,3,6,8H2,1-2H3,(H,15,16,17). The van der Waals surface area contributed by atoms with Crippen molar-refractivity contribution in [3.8, 4) is 0 Å². The topological polar surface area (TPSA) is 53.6 Å². The molecular formula is C13H18N4. The van der Waals surface area contributed by atoms with Gasteiger partial charge in [0.1, 0.15) is 11.6 Å². The van der Waals surface area contributed by atoms with Crippen molar-refractivity contribution in [2.45, 2.75) is 26.7 Å². The minimum absolute atomic E-state index is 0.826. The largest absolute Gasteiger partial charge is 0.370 e. The highest BCUT2D eigenvalue weighted by atomic mass is 15.0. The molecule has 0 aliphatic rings. The highest BCUT2D eigenvalue weighted by Gasteiger charge is 2.00. The molecule has 90 valence electrons. The Labute approximate surface area is 102 Å². The Morgan fingerprint density at radius 3 is 2.94 bits per heavy atom. The van der Waals surface area contributed by atoms with Gasteiger partial charge in [-0.1, -0.05) is 6.92 Å². The number of hydrogen-bond acceptors (Lipinski definition) is 3. The van der Waals surface area contributed by atoms with E-state index in [1.54, 1.807) is 0 Å². The van der Waals surface area contributed by atoms with Gasteiger partial charge in [0.25, 0.3) is 0 Å². The minimum atomic E-state index is 0.826. The summed E-state index contributed by atoms with van der Waals surface area (Å²) >= 11 is 0. The van der Waals surface area contributed by atoms with Crippen LogP contribution in [0.3, 0.4) is 0 Å². The molecule has 0 amide bonds. The number of H-pyrrole nitrogens is 1. The Morgan fingerprint density at radius 2 is 2.24 bits per heavy atom. The Hall–Kier alpha value is -1.84. The van der Waals surface area contributed by atoms with Crippen molar-refractivity contribution in [1.29, 1.82) is 0 Å². The van der Waals surface area contributed by atoms with Gasteiger partial charge in [-0.25, -0.2) is 9.97 Å². The lowest BCUT2D eigenvalue weighted by Gasteiger charge is -2.07. The SMILES string of the molecule is CCc1cc(NCCc2ccc[nH]2)nc(C)n1. The molecule has 0 aromatic carbocycles. The summed E-state index contributed by atoms with van der Waals surface area (Å²) in [5, 5.41) is 3.33. The van der Waals surface area contributed by atoms with Crippen LogP contribution in [0.25, 0.3) is 0 Å². The molecule has 0 unspecified atom stereocenters. The molecule has 0 aliphatic heterocycles. The van der Waals surface area contributed by atoms with Crippen molar-refractivity contribution in [1.82, 2.24) is 15.0 Å². The molecule has 2 heterocycles. The van der Waals surface area contributed by atoms with E-state index in [4.69, 9.17) is 0 Å². The molecule has 0 fully saturated rings. The fourth-order valence-corrected chi connectivity index (χ4v) is 1.75. The predicted molar refractivity (Wildman–Crippen MR) is 69.1 cm³/mol. The summed E-state index contributed by atoms with van der Waals surface area (Å²) in [6, 6.07) is 6.12. The second kappa shape index (κ2) is 5.48. The van der Waals surface area contributed by atoms with Gasteiger partial charge in [-0.15, -0.1) is 0 Å². The van der Waals surface area contributed by atoms with Crippen LogP contribution in [0.15, 0.2) is 24.4 Å². The van der Waals surface area contributed by atoms with Gasteiger partial charge in [-0.3, -0.25) is 0 Å². The Morgan fingerprint density at radius 1 is 1.35 bits per heavy atom. The predicted octanol–water partition coefficient (Wildman–Crippen LogP) is 2.33. The maximum absolute atomic E-state index is 4.37. The quantitative estimate of drug-likeness (QED) is 0.829. The molecule has 2 rings (SSSR count). The highest BCUT2D eigenvalue weighted by molar-refractivity contribution is 5.36. The number of hydrogen-bond donors (Lipinski definition) is 2. The van der Waals surface area contributed by atoms with Crippen molar-refractivity contribution in [2.24, 2.45) is 0 Å². The molecular weight excluding hydrogens is 212 g/mol. The van der Waals surface area contributed by atoms with Crippen molar-refractivity contribution in [2.75, 3.05) is 11.9 Å². The van der Waals surface area contributed by atoms with E-state index in [-0.39, 0.29) is 0 Å². The Kier molecular flexibility index (Phi) is 3.75. The molecule has 0 atom stereocenters. The second-order valence-corrected chi connectivity index (χ2v) is 4.02.